The van der Waals surface area contributed by atoms with E-state index < -0.39 is 0 Å². The largest absolute Gasteiger partial charge is 0.497 e. The molecule has 3 heterocycles. The number of carbonyl (C=O) groups is 1. The van der Waals surface area contributed by atoms with E-state index in [1.165, 1.54) is 11.3 Å². The lowest BCUT2D eigenvalue weighted by atomic mass is 10.1. The smallest absolute Gasteiger partial charge is 0.321 e. The van der Waals surface area contributed by atoms with Crippen LogP contribution in [0.25, 0.3) is 10.3 Å². The molecule has 1 atom stereocenters. The fourth-order valence-electron chi connectivity index (χ4n) is 3.51. The molecular weight excluding hydrogens is 390 g/mol. The first-order valence-corrected chi connectivity index (χ1v) is 10.3. The molecule has 1 aliphatic heterocycles. The van der Waals surface area contributed by atoms with Gasteiger partial charge < -0.3 is 25.6 Å². The molecule has 0 aliphatic carbocycles. The molecule has 0 saturated carbocycles. The Bertz CT molecular complexity index is 1010. The number of nitrogens with zero attached hydrogens (tertiary/aromatic N) is 5. The zero-order valence-corrected chi connectivity index (χ0v) is 17.1. The van der Waals surface area contributed by atoms with Crippen molar-refractivity contribution in [3.05, 3.63) is 29.8 Å². The number of hydrogen-bond acceptors (Lipinski definition) is 8. The number of thiazole rings is 1. The number of carbonyl (C=O) groups excluding carboxylic acids is 1. The van der Waals surface area contributed by atoms with Crippen LogP contribution in [0.3, 0.4) is 0 Å². The third-order valence-corrected chi connectivity index (χ3v) is 5.77. The molecule has 29 heavy (non-hydrogen) atoms. The molecule has 9 nitrogen and oxygen atoms in total. The summed E-state index contributed by atoms with van der Waals surface area (Å²) < 4.78 is 5.15. The molecule has 3 aromatic rings. The van der Waals surface area contributed by atoms with Crippen LogP contribution in [0.5, 0.6) is 5.75 Å². The predicted octanol–water partition coefficient (Wildman–Crippen LogP) is 2.81. The van der Waals surface area contributed by atoms with E-state index in [1.54, 1.807) is 12.6 Å². The molecule has 0 spiro atoms. The van der Waals surface area contributed by atoms with Gasteiger partial charge in [0.1, 0.15) is 11.3 Å². The van der Waals surface area contributed by atoms with E-state index in [0.717, 1.165) is 34.0 Å². The van der Waals surface area contributed by atoms with Crippen molar-refractivity contribution in [1.29, 1.82) is 0 Å². The van der Waals surface area contributed by atoms with E-state index >= 15 is 0 Å². The first-order chi connectivity index (χ1) is 14.1. The van der Waals surface area contributed by atoms with Crippen LogP contribution in [0, 0.1) is 0 Å². The number of urea groups is 1. The average Bonchev–Trinajstić information content (AvgIpc) is 3.21. The molecule has 1 aliphatic rings. The molecule has 0 unspecified atom stereocenters. The number of benzene rings is 1. The lowest BCUT2D eigenvalue weighted by Gasteiger charge is -2.41. The van der Waals surface area contributed by atoms with Crippen LogP contribution in [0.1, 0.15) is 13.3 Å². The number of methoxy groups -OCH3 is 1. The minimum Gasteiger partial charge on any atom is -0.497 e. The highest BCUT2D eigenvalue weighted by Gasteiger charge is 2.31. The Hall–Kier alpha value is -3.14. The second-order valence-electron chi connectivity index (χ2n) is 6.77. The molecule has 3 N–H and O–H groups in total. The molecule has 1 aromatic carbocycles. The zero-order chi connectivity index (χ0) is 20.4. The number of amides is 2. The standard InChI is InChI=1S/C19H23N7O2S/c1-3-13-10-25(19(27)22-12-4-6-14(28-2)7-5-12)8-9-26(13)16-15-17(29-11-21-15)24-18(20)23-16/h4-7,11,13H,3,8-10H2,1-2H3,(H,22,27)(H2,20,23,24)/t13-/m0/s1. The SMILES string of the molecule is CC[C@H]1CN(C(=O)Nc2ccc(OC)cc2)CCN1c1nc(N)nc2scnc12. The molecule has 1 fully saturated rings. The number of ether oxygens (including phenoxy) is 1. The minimum absolute atomic E-state index is 0.115. The van der Waals surface area contributed by atoms with Crippen LogP contribution in [0.2, 0.25) is 0 Å². The Kier molecular flexibility index (Phi) is 5.34. The van der Waals surface area contributed by atoms with Crippen LogP contribution in [-0.2, 0) is 0 Å². The maximum atomic E-state index is 12.8. The number of nitrogens with two attached hydrogens (primary N) is 1. The summed E-state index contributed by atoms with van der Waals surface area (Å²) in [7, 11) is 1.61. The second kappa shape index (κ2) is 8.08. The van der Waals surface area contributed by atoms with Crippen molar-refractivity contribution in [1.82, 2.24) is 19.9 Å². The van der Waals surface area contributed by atoms with Crippen molar-refractivity contribution in [2.75, 3.05) is 42.7 Å². The van der Waals surface area contributed by atoms with Gasteiger partial charge in [-0.3, -0.25) is 0 Å². The Morgan fingerprint density at radius 1 is 1.31 bits per heavy atom. The summed E-state index contributed by atoms with van der Waals surface area (Å²) in [5.74, 6) is 1.74. The maximum Gasteiger partial charge on any atom is 0.321 e. The zero-order valence-electron chi connectivity index (χ0n) is 16.3. The number of hydrogen-bond donors (Lipinski definition) is 2. The number of piperazine rings is 1. The molecule has 10 heteroatoms. The van der Waals surface area contributed by atoms with Crippen molar-refractivity contribution in [2.24, 2.45) is 0 Å². The van der Waals surface area contributed by atoms with Gasteiger partial charge in [0.2, 0.25) is 5.95 Å². The van der Waals surface area contributed by atoms with Crippen molar-refractivity contribution in [2.45, 2.75) is 19.4 Å². The molecule has 4 rings (SSSR count). The Balaban J connectivity index is 1.49. The summed E-state index contributed by atoms with van der Waals surface area (Å²) >= 11 is 1.45. The van der Waals surface area contributed by atoms with Gasteiger partial charge in [0.05, 0.1) is 12.6 Å². The number of nitrogen functional groups attached to an aromatic ring is 1. The molecule has 1 saturated heterocycles. The first-order valence-electron chi connectivity index (χ1n) is 9.42. The molecule has 2 amide bonds. The summed E-state index contributed by atoms with van der Waals surface area (Å²) in [4.78, 5) is 30.7. The van der Waals surface area contributed by atoms with Crippen molar-refractivity contribution in [3.8, 4) is 5.75 Å². The highest BCUT2D eigenvalue weighted by atomic mass is 32.1. The number of rotatable bonds is 4. The molecule has 0 bridgehead atoms. The summed E-state index contributed by atoms with van der Waals surface area (Å²) in [5, 5.41) is 2.95. The van der Waals surface area contributed by atoms with Crippen LogP contribution in [0.15, 0.2) is 29.8 Å². The van der Waals surface area contributed by atoms with Gasteiger partial charge in [0, 0.05) is 31.4 Å². The molecule has 0 radical (unpaired) electrons. The van der Waals surface area contributed by atoms with Gasteiger partial charge in [-0.2, -0.15) is 4.98 Å². The lowest BCUT2D eigenvalue weighted by Crippen LogP contribution is -2.56. The maximum absolute atomic E-state index is 12.8. The van der Waals surface area contributed by atoms with Gasteiger partial charge in [-0.05, 0) is 30.7 Å². The molecule has 2 aromatic heterocycles. The van der Waals surface area contributed by atoms with E-state index in [4.69, 9.17) is 10.5 Å². The Morgan fingerprint density at radius 3 is 2.83 bits per heavy atom. The second-order valence-corrected chi connectivity index (χ2v) is 7.60. The van der Waals surface area contributed by atoms with E-state index in [2.05, 4.69) is 32.1 Å². The van der Waals surface area contributed by atoms with Gasteiger partial charge >= 0.3 is 6.03 Å². The number of anilines is 3. The van der Waals surface area contributed by atoms with E-state index in [9.17, 15) is 4.79 Å². The number of nitrogens with one attached hydrogen (secondary N) is 1. The Labute approximate surface area is 172 Å². The highest BCUT2D eigenvalue weighted by Crippen LogP contribution is 2.29. The van der Waals surface area contributed by atoms with Crippen molar-refractivity contribution < 1.29 is 9.53 Å². The monoisotopic (exact) mass is 413 g/mol. The third kappa shape index (κ3) is 3.88. The summed E-state index contributed by atoms with van der Waals surface area (Å²) in [6, 6.07) is 7.29. The average molecular weight is 414 g/mol. The van der Waals surface area contributed by atoms with Gasteiger partial charge in [-0.25, -0.2) is 14.8 Å². The Morgan fingerprint density at radius 2 is 2.10 bits per heavy atom. The van der Waals surface area contributed by atoms with Crippen molar-refractivity contribution in [3.63, 3.8) is 0 Å². The number of aromatic nitrogens is 3. The molecule has 152 valence electrons. The fraction of sp³-hybridized carbons (Fsp3) is 0.368. The fourth-order valence-corrected chi connectivity index (χ4v) is 4.17. The van der Waals surface area contributed by atoms with Crippen LogP contribution in [-0.4, -0.2) is 58.7 Å². The summed E-state index contributed by atoms with van der Waals surface area (Å²) in [6.07, 6.45) is 0.863. The minimum atomic E-state index is -0.116. The number of fused-ring (bicyclic) bond motifs is 1. The third-order valence-electron chi connectivity index (χ3n) is 5.05. The van der Waals surface area contributed by atoms with Gasteiger partial charge in [0.25, 0.3) is 0 Å². The van der Waals surface area contributed by atoms with Crippen LogP contribution < -0.4 is 20.7 Å². The van der Waals surface area contributed by atoms with Crippen LogP contribution in [0.4, 0.5) is 22.2 Å². The lowest BCUT2D eigenvalue weighted by molar-refractivity contribution is 0.197. The van der Waals surface area contributed by atoms with Gasteiger partial charge in [-0.1, -0.05) is 6.92 Å². The summed E-state index contributed by atoms with van der Waals surface area (Å²) in [5.41, 5.74) is 9.16. The normalized spacial score (nSPS) is 16.8. The predicted molar refractivity (Wildman–Crippen MR) is 115 cm³/mol. The van der Waals surface area contributed by atoms with E-state index in [1.807, 2.05) is 29.2 Å². The van der Waals surface area contributed by atoms with Crippen LogP contribution >= 0.6 is 11.3 Å². The van der Waals surface area contributed by atoms with Crippen molar-refractivity contribution >= 4 is 45.2 Å². The van der Waals surface area contributed by atoms with E-state index in [-0.39, 0.29) is 18.0 Å². The quantitative estimate of drug-likeness (QED) is 0.677. The first kappa shape index (κ1) is 19.2. The topological polar surface area (TPSA) is 110 Å². The highest BCUT2D eigenvalue weighted by molar-refractivity contribution is 7.16. The van der Waals surface area contributed by atoms with Gasteiger partial charge in [0.15, 0.2) is 10.6 Å². The summed E-state index contributed by atoms with van der Waals surface area (Å²) in [6.45, 7) is 3.92. The molecular formula is C19H23N7O2S. The van der Waals surface area contributed by atoms with E-state index in [0.29, 0.717) is 19.6 Å². The van der Waals surface area contributed by atoms with Gasteiger partial charge in [-0.15, -0.1) is 11.3 Å².